The Morgan fingerprint density at radius 2 is 1.91 bits per heavy atom. The average Bonchev–Trinajstić information content (AvgIpc) is 2.43. The first-order valence-corrected chi connectivity index (χ1v) is 8.57. The number of carbonyl (C=O) groups is 2. The maximum Gasteiger partial charge on any atom is 0.408 e. The van der Waals surface area contributed by atoms with Gasteiger partial charge in [-0.25, -0.2) is 9.59 Å². The van der Waals surface area contributed by atoms with Crippen molar-refractivity contribution in [1.82, 2.24) is 5.32 Å². The first kappa shape index (κ1) is 18.0. The molecule has 0 radical (unpaired) electrons. The molecule has 2 unspecified atom stereocenters. The summed E-state index contributed by atoms with van der Waals surface area (Å²) >= 11 is 0. The highest BCUT2D eigenvalue weighted by molar-refractivity contribution is 5.80. The summed E-state index contributed by atoms with van der Waals surface area (Å²) in [6.07, 6.45) is 6.12. The number of aliphatic carboxylic acids is 1. The largest absolute Gasteiger partial charge is 0.480 e. The topological polar surface area (TPSA) is 84.9 Å². The quantitative estimate of drug-likeness (QED) is 0.832. The second-order valence-electron chi connectivity index (χ2n) is 7.81. The van der Waals surface area contributed by atoms with Crippen LogP contribution in [-0.2, 0) is 14.3 Å². The van der Waals surface area contributed by atoms with Crippen LogP contribution in [0, 0.1) is 5.92 Å². The van der Waals surface area contributed by atoms with Gasteiger partial charge in [0, 0.05) is 6.61 Å². The Balaban J connectivity index is 2.02. The van der Waals surface area contributed by atoms with E-state index >= 15 is 0 Å². The molecule has 0 aromatic heterocycles. The van der Waals surface area contributed by atoms with E-state index in [1.54, 1.807) is 20.8 Å². The van der Waals surface area contributed by atoms with Crippen molar-refractivity contribution >= 4 is 12.1 Å². The average molecular weight is 327 g/mol. The Morgan fingerprint density at radius 1 is 1.26 bits per heavy atom. The van der Waals surface area contributed by atoms with Crippen LogP contribution in [0.3, 0.4) is 0 Å². The predicted molar refractivity (Wildman–Crippen MR) is 85.3 cm³/mol. The number of amides is 1. The summed E-state index contributed by atoms with van der Waals surface area (Å²) < 4.78 is 11.2. The minimum Gasteiger partial charge on any atom is -0.480 e. The molecule has 2 N–H and O–H groups in total. The summed E-state index contributed by atoms with van der Waals surface area (Å²) in [4.78, 5) is 23.6. The maximum absolute atomic E-state index is 12.0. The Hall–Kier alpha value is -1.30. The van der Waals surface area contributed by atoms with Gasteiger partial charge in [-0.15, -0.1) is 0 Å². The number of alkyl carbamates (subject to hydrolysis) is 1. The number of carbonyl (C=O) groups excluding carboxylic acids is 1. The van der Waals surface area contributed by atoms with Gasteiger partial charge in [0.05, 0.1) is 5.60 Å². The van der Waals surface area contributed by atoms with Crippen LogP contribution < -0.4 is 5.32 Å². The zero-order chi connectivity index (χ0) is 17.1. The highest BCUT2D eigenvalue weighted by Crippen LogP contribution is 2.41. The Bertz CT molecular complexity index is 431. The van der Waals surface area contributed by atoms with E-state index in [2.05, 4.69) is 5.32 Å². The molecule has 1 aliphatic carbocycles. The number of nitrogens with one attached hydrogen (secondary N) is 1. The Labute approximate surface area is 137 Å². The van der Waals surface area contributed by atoms with Crippen molar-refractivity contribution in [1.29, 1.82) is 0 Å². The summed E-state index contributed by atoms with van der Waals surface area (Å²) in [5.41, 5.74) is -0.835. The summed E-state index contributed by atoms with van der Waals surface area (Å²) in [7, 11) is 0. The molecule has 0 aromatic carbocycles. The van der Waals surface area contributed by atoms with Crippen molar-refractivity contribution in [2.75, 3.05) is 6.61 Å². The number of hydrogen-bond donors (Lipinski definition) is 2. The maximum atomic E-state index is 12.0. The number of hydrogen-bond acceptors (Lipinski definition) is 4. The van der Waals surface area contributed by atoms with E-state index in [0.717, 1.165) is 25.7 Å². The number of ether oxygens (including phenoxy) is 2. The van der Waals surface area contributed by atoms with E-state index in [1.807, 2.05) is 0 Å². The third-order valence-corrected chi connectivity index (χ3v) is 4.71. The van der Waals surface area contributed by atoms with Crippen LogP contribution in [0.4, 0.5) is 4.79 Å². The fourth-order valence-electron chi connectivity index (χ4n) is 3.71. The normalized spacial score (nSPS) is 25.6. The molecule has 23 heavy (non-hydrogen) atoms. The van der Waals surface area contributed by atoms with Crippen LogP contribution in [0.1, 0.15) is 65.7 Å². The van der Waals surface area contributed by atoms with Crippen LogP contribution in [0.5, 0.6) is 0 Å². The molecule has 1 aliphatic heterocycles. The van der Waals surface area contributed by atoms with E-state index in [1.165, 1.54) is 6.42 Å². The van der Waals surface area contributed by atoms with Crippen molar-refractivity contribution in [2.24, 2.45) is 5.92 Å². The summed E-state index contributed by atoms with van der Waals surface area (Å²) in [5.74, 6) is -1.12. The van der Waals surface area contributed by atoms with Gasteiger partial charge in [0.25, 0.3) is 0 Å². The third kappa shape index (κ3) is 5.09. The first-order valence-electron chi connectivity index (χ1n) is 8.57. The van der Waals surface area contributed by atoms with E-state index in [-0.39, 0.29) is 11.5 Å². The van der Waals surface area contributed by atoms with Crippen LogP contribution >= 0.6 is 0 Å². The van der Waals surface area contributed by atoms with Crippen molar-refractivity contribution in [3.05, 3.63) is 0 Å². The lowest BCUT2D eigenvalue weighted by molar-refractivity contribution is -0.149. The summed E-state index contributed by atoms with van der Waals surface area (Å²) in [6, 6.07) is -0.924. The van der Waals surface area contributed by atoms with Crippen LogP contribution in [-0.4, -0.2) is 41.0 Å². The van der Waals surface area contributed by atoms with Gasteiger partial charge in [-0.3, -0.25) is 0 Å². The second kappa shape index (κ2) is 7.07. The molecular formula is C17H29NO5. The van der Waals surface area contributed by atoms with Gasteiger partial charge in [-0.2, -0.15) is 0 Å². The van der Waals surface area contributed by atoms with E-state index in [4.69, 9.17) is 9.47 Å². The minimum atomic E-state index is -1.01. The van der Waals surface area contributed by atoms with Gasteiger partial charge in [-0.05, 0) is 52.4 Å². The first-order chi connectivity index (χ1) is 10.7. The smallest absolute Gasteiger partial charge is 0.408 e. The number of rotatable bonds is 3. The van der Waals surface area contributed by atoms with Crippen molar-refractivity contribution in [3.63, 3.8) is 0 Å². The molecule has 1 heterocycles. The molecule has 1 saturated heterocycles. The molecule has 1 saturated carbocycles. The van der Waals surface area contributed by atoms with Crippen LogP contribution in [0.2, 0.25) is 0 Å². The van der Waals surface area contributed by atoms with E-state index in [0.29, 0.717) is 19.4 Å². The zero-order valence-electron chi connectivity index (χ0n) is 14.4. The molecule has 2 aliphatic rings. The molecule has 132 valence electrons. The lowest BCUT2D eigenvalue weighted by atomic mass is 9.74. The predicted octanol–water partition coefficient (Wildman–Crippen LogP) is 3.09. The molecule has 1 spiro atoms. The summed E-state index contributed by atoms with van der Waals surface area (Å²) in [5, 5.41) is 12.1. The molecule has 2 rings (SSSR count). The molecule has 2 atom stereocenters. The Morgan fingerprint density at radius 3 is 2.48 bits per heavy atom. The molecule has 0 aromatic rings. The number of carboxylic acids is 1. The van der Waals surface area contributed by atoms with Crippen LogP contribution in [0.15, 0.2) is 0 Å². The van der Waals surface area contributed by atoms with Gasteiger partial charge >= 0.3 is 12.1 Å². The highest BCUT2D eigenvalue weighted by Gasteiger charge is 2.43. The SMILES string of the molecule is CC(C)(C)OC(=O)NC(C(=O)O)C1CCOC2(CCCCC2)C1. The lowest BCUT2D eigenvalue weighted by Crippen LogP contribution is -2.52. The van der Waals surface area contributed by atoms with Gasteiger partial charge in [0.15, 0.2) is 0 Å². The molecule has 0 bridgehead atoms. The lowest BCUT2D eigenvalue weighted by Gasteiger charge is -2.44. The van der Waals surface area contributed by atoms with Gasteiger partial charge in [0.2, 0.25) is 0 Å². The molecular weight excluding hydrogens is 298 g/mol. The van der Waals surface area contributed by atoms with Crippen molar-refractivity contribution in [2.45, 2.75) is 83.0 Å². The van der Waals surface area contributed by atoms with E-state index in [9.17, 15) is 14.7 Å². The monoisotopic (exact) mass is 327 g/mol. The second-order valence-corrected chi connectivity index (χ2v) is 7.81. The molecule has 1 amide bonds. The molecule has 6 nitrogen and oxygen atoms in total. The van der Waals surface area contributed by atoms with Crippen molar-refractivity contribution < 1.29 is 24.2 Å². The van der Waals surface area contributed by atoms with Crippen molar-refractivity contribution in [3.8, 4) is 0 Å². The Kier molecular flexibility index (Phi) is 5.55. The summed E-state index contributed by atoms with van der Waals surface area (Å²) in [6.45, 7) is 5.83. The standard InChI is InChI=1S/C17H29NO5/c1-16(2,3)23-15(21)18-13(14(19)20)12-7-10-22-17(11-12)8-5-4-6-9-17/h12-13H,4-11H2,1-3H3,(H,18,21)(H,19,20). The van der Waals surface area contributed by atoms with E-state index < -0.39 is 23.7 Å². The molecule has 2 fully saturated rings. The van der Waals surface area contributed by atoms with Gasteiger partial charge < -0.3 is 19.9 Å². The zero-order valence-corrected chi connectivity index (χ0v) is 14.4. The fourth-order valence-corrected chi connectivity index (χ4v) is 3.71. The molecule has 6 heteroatoms. The van der Waals surface area contributed by atoms with Crippen LogP contribution in [0.25, 0.3) is 0 Å². The van der Waals surface area contributed by atoms with Gasteiger partial charge in [-0.1, -0.05) is 19.3 Å². The highest BCUT2D eigenvalue weighted by atomic mass is 16.6. The van der Waals surface area contributed by atoms with Gasteiger partial charge in [0.1, 0.15) is 11.6 Å². The number of carboxylic acid groups (broad SMARTS) is 1. The third-order valence-electron chi connectivity index (χ3n) is 4.71. The fraction of sp³-hybridized carbons (Fsp3) is 0.882. The minimum absolute atomic E-state index is 0.119.